The second-order valence-electron chi connectivity index (χ2n) is 5.91. The summed E-state index contributed by atoms with van der Waals surface area (Å²) in [7, 11) is -0.779. The van der Waals surface area contributed by atoms with Crippen LogP contribution in [0.1, 0.15) is 5.56 Å². The number of benzene rings is 2. The lowest BCUT2D eigenvalue weighted by molar-refractivity contribution is 1.23. The van der Waals surface area contributed by atoms with E-state index in [1.165, 1.54) is 5.30 Å². The van der Waals surface area contributed by atoms with E-state index in [0.717, 1.165) is 35.6 Å². The molecule has 0 bridgehead atoms. The molecule has 0 N–H and O–H groups in total. The molecule has 0 amide bonds. The molecule has 0 fully saturated rings. The largest absolute Gasteiger partial charge is 0.167 e. The predicted molar refractivity (Wildman–Crippen MR) is 141 cm³/mol. The summed E-state index contributed by atoms with van der Waals surface area (Å²) < 4.78 is 0. The monoisotopic (exact) mass is 481 g/mol. The summed E-state index contributed by atoms with van der Waals surface area (Å²) in [6, 6.07) is 14.3. The summed E-state index contributed by atoms with van der Waals surface area (Å²) in [5, 5.41) is 1.26. The van der Waals surface area contributed by atoms with Gasteiger partial charge in [-0.15, -0.1) is 63.1 Å². The minimum atomic E-state index is -0.779. The van der Waals surface area contributed by atoms with Gasteiger partial charge in [0.1, 0.15) is 11.6 Å². The van der Waals surface area contributed by atoms with Crippen molar-refractivity contribution in [3.63, 3.8) is 0 Å². The molecule has 0 radical (unpaired) electrons. The Labute approximate surface area is 194 Å². The van der Waals surface area contributed by atoms with Crippen molar-refractivity contribution in [3.8, 4) is 0 Å². The Bertz CT molecular complexity index is 944. The molecule has 1 aliphatic rings. The Morgan fingerprint density at radius 3 is 1.93 bits per heavy atom. The molecule has 3 rings (SSSR count). The van der Waals surface area contributed by atoms with E-state index in [0.29, 0.717) is 0 Å². The second kappa shape index (κ2) is 9.62. The maximum atomic E-state index is 4.65. The van der Waals surface area contributed by atoms with Gasteiger partial charge in [-0.05, 0) is 24.3 Å². The molecule has 2 aromatic carbocycles. The Morgan fingerprint density at radius 2 is 1.37 bits per heavy atom. The summed E-state index contributed by atoms with van der Waals surface area (Å²) >= 11 is 27.5. The lowest BCUT2D eigenvalue weighted by Gasteiger charge is -2.14. The molecule has 0 spiro atoms. The van der Waals surface area contributed by atoms with Crippen molar-refractivity contribution in [2.45, 2.75) is 19.9 Å². The smallest absolute Gasteiger partial charge is 0.163 e. The van der Waals surface area contributed by atoms with Gasteiger partial charge in [0, 0.05) is 40.9 Å². The van der Waals surface area contributed by atoms with Crippen molar-refractivity contribution >= 4 is 94.4 Å². The predicted octanol–water partition coefficient (Wildman–Crippen LogP) is 6.33. The van der Waals surface area contributed by atoms with Crippen molar-refractivity contribution in [2.24, 2.45) is 0 Å². The van der Waals surface area contributed by atoms with E-state index in [1.807, 2.05) is 30.4 Å². The van der Waals surface area contributed by atoms with Gasteiger partial charge >= 0.3 is 0 Å². The number of allylic oxidation sites excluding steroid dienone is 2. The number of thiol groups is 6. The first-order valence-corrected chi connectivity index (χ1v) is 12.2. The highest BCUT2D eigenvalue weighted by Gasteiger charge is 2.21. The van der Waals surface area contributed by atoms with Crippen molar-refractivity contribution < 1.29 is 0 Å². The molecular weight excluding hydrogens is 464 g/mol. The van der Waals surface area contributed by atoms with E-state index in [4.69, 9.17) is 0 Å². The molecule has 1 unspecified atom stereocenters. The van der Waals surface area contributed by atoms with Gasteiger partial charge in [-0.1, -0.05) is 30.4 Å². The summed E-state index contributed by atoms with van der Waals surface area (Å²) in [6.07, 6.45) is 4.03. The van der Waals surface area contributed by atoms with Crippen LogP contribution in [-0.4, -0.2) is 11.0 Å². The molecule has 7 heteroatoms. The molecule has 27 heavy (non-hydrogen) atoms. The number of rotatable bonds is 3. The molecule has 0 aliphatic heterocycles. The lowest BCUT2D eigenvalue weighted by Crippen LogP contribution is -2.02. The highest BCUT2D eigenvalue weighted by atomic mass is 32.1. The topological polar surface area (TPSA) is 0 Å². The van der Waals surface area contributed by atoms with Crippen molar-refractivity contribution in [3.05, 3.63) is 81.4 Å². The molecule has 0 saturated carbocycles. The first-order chi connectivity index (χ1) is 12.8. The Morgan fingerprint density at radius 1 is 0.815 bits per heavy atom. The molecule has 0 heterocycles. The number of hydrogen-bond donors (Lipinski definition) is 6. The van der Waals surface area contributed by atoms with Gasteiger partial charge in [0.25, 0.3) is 0 Å². The van der Waals surface area contributed by atoms with E-state index >= 15 is 0 Å². The van der Waals surface area contributed by atoms with Crippen molar-refractivity contribution in [2.75, 3.05) is 0 Å². The normalized spacial score (nSPS) is 17.5. The minimum Gasteiger partial charge on any atom is -0.167 e. The average Bonchev–Trinajstić information content (AvgIpc) is 2.59. The molecule has 0 aromatic heterocycles. The summed E-state index contributed by atoms with van der Waals surface area (Å²) in [4.78, 5) is 4.34. The maximum Gasteiger partial charge on any atom is 0.163 e. The molecule has 1 aliphatic carbocycles. The summed E-state index contributed by atoms with van der Waals surface area (Å²) in [6.45, 7) is 0. The molecule has 0 saturated heterocycles. The first kappa shape index (κ1) is 21.6. The fraction of sp³-hybridized carbons (Fsp3) is 0.0500. The van der Waals surface area contributed by atoms with Crippen LogP contribution >= 0.6 is 83.3 Å². The van der Waals surface area contributed by atoms with Crippen LogP contribution < -0.4 is 5.30 Å². The Balaban J connectivity index is 2.19. The summed E-state index contributed by atoms with van der Waals surface area (Å²) in [5.74, 6) is 4.46. The number of hydrogen-bond acceptors (Lipinski definition) is 6. The molecule has 0 nitrogen and oxygen atoms in total. The van der Waals surface area contributed by atoms with Gasteiger partial charge < -0.3 is 0 Å². The van der Waals surface area contributed by atoms with Crippen LogP contribution in [0.25, 0.3) is 0 Å². The SMILES string of the molecule is SC1=CC(S)C=C(S)C1=C[P+](=Cc1c(S)cc(S)cc1S)c1ccccc1. The third-order valence-electron chi connectivity index (χ3n) is 3.92. The third-order valence-corrected chi connectivity index (χ3v) is 7.96. The van der Waals surface area contributed by atoms with Gasteiger partial charge in [-0.3, -0.25) is 0 Å². The van der Waals surface area contributed by atoms with Crippen LogP contribution in [0.3, 0.4) is 0 Å². The van der Waals surface area contributed by atoms with Gasteiger partial charge in [0.05, 0.1) is 0 Å². The van der Waals surface area contributed by atoms with E-state index < -0.39 is 7.55 Å². The van der Waals surface area contributed by atoms with Gasteiger partial charge in [0.2, 0.25) is 0 Å². The molecular formula is C20H18PS6+. The first-order valence-electron chi connectivity index (χ1n) is 8.00. The van der Waals surface area contributed by atoms with Crippen LogP contribution in [-0.2, 0) is 0 Å². The van der Waals surface area contributed by atoms with Gasteiger partial charge in [-0.2, -0.15) is 12.6 Å². The van der Waals surface area contributed by atoms with E-state index in [9.17, 15) is 0 Å². The molecule has 138 valence electrons. The fourth-order valence-corrected chi connectivity index (χ4v) is 7.54. The highest BCUT2D eigenvalue weighted by Crippen LogP contribution is 2.38. The van der Waals surface area contributed by atoms with Crippen LogP contribution in [0.15, 0.2) is 90.5 Å². The van der Waals surface area contributed by atoms with Gasteiger partial charge in [-0.25, -0.2) is 0 Å². The quantitative estimate of drug-likeness (QED) is 0.214. The Kier molecular flexibility index (Phi) is 7.71. The van der Waals surface area contributed by atoms with Crippen molar-refractivity contribution in [1.82, 2.24) is 0 Å². The minimum absolute atomic E-state index is 0.0325. The summed E-state index contributed by atoms with van der Waals surface area (Å²) in [5.41, 5.74) is 2.02. The Hall–Kier alpha value is -0.0700. The molecule has 1 atom stereocenters. The van der Waals surface area contributed by atoms with Crippen LogP contribution in [0.4, 0.5) is 0 Å². The van der Waals surface area contributed by atoms with Crippen molar-refractivity contribution in [1.29, 1.82) is 0 Å². The van der Waals surface area contributed by atoms with Gasteiger partial charge in [0.15, 0.2) is 12.8 Å². The zero-order valence-corrected chi connectivity index (χ0v) is 20.3. The van der Waals surface area contributed by atoms with E-state index in [2.05, 4.69) is 112 Å². The third kappa shape index (κ3) is 5.51. The highest BCUT2D eigenvalue weighted by molar-refractivity contribution is 7.87. The van der Waals surface area contributed by atoms with E-state index in [1.54, 1.807) is 0 Å². The zero-order valence-electron chi connectivity index (χ0n) is 14.1. The lowest BCUT2D eigenvalue weighted by atomic mass is 10.1. The standard InChI is InChI=1S/C20H17PS6/c22-13-6-17(24)15(18(25)7-13)10-21(12-4-2-1-3-5-12)11-16-19(26)8-14(23)9-20(16)27/h1-11,13H,(H5-,22,23,24,25,26,27)/p+1. The van der Waals surface area contributed by atoms with E-state index in [-0.39, 0.29) is 5.25 Å². The van der Waals surface area contributed by atoms with Crippen LogP contribution in [0, 0.1) is 0 Å². The fourth-order valence-electron chi connectivity index (χ4n) is 2.62. The van der Waals surface area contributed by atoms with Crippen LogP contribution in [0.5, 0.6) is 0 Å². The average molecular weight is 482 g/mol. The second-order valence-corrected chi connectivity index (χ2v) is 10.8. The maximum absolute atomic E-state index is 4.65. The molecule has 2 aromatic rings. The zero-order chi connectivity index (χ0) is 19.6. The van der Waals surface area contributed by atoms with Crippen LogP contribution in [0.2, 0.25) is 0 Å².